The van der Waals surface area contributed by atoms with Crippen molar-refractivity contribution in [3.63, 3.8) is 0 Å². The standard InChI is InChI=1S/C21H22Cl2N4O2/c1-27-12-10-24-20(27)19(16-4-8-18(23)9-5-16)26-21(28)25-11-13-29-14-15-2-6-17(22)7-3-15/h2-10,12,19H,11,13-14H2,1H3,(H2,25,26,28). The molecule has 1 aromatic heterocycles. The van der Waals surface area contributed by atoms with Crippen LogP contribution in [0, 0.1) is 0 Å². The molecule has 0 saturated carbocycles. The third-order valence-corrected chi connectivity index (χ3v) is 4.81. The van der Waals surface area contributed by atoms with E-state index in [1.54, 1.807) is 18.3 Å². The van der Waals surface area contributed by atoms with Crippen molar-refractivity contribution in [2.75, 3.05) is 13.2 Å². The number of urea groups is 1. The largest absolute Gasteiger partial charge is 0.375 e. The number of hydrogen-bond donors (Lipinski definition) is 2. The molecule has 1 atom stereocenters. The number of imidazole rings is 1. The summed E-state index contributed by atoms with van der Waals surface area (Å²) in [6.07, 6.45) is 3.53. The third-order valence-electron chi connectivity index (χ3n) is 4.31. The number of benzene rings is 2. The number of rotatable bonds is 8. The van der Waals surface area contributed by atoms with Crippen LogP contribution in [0.25, 0.3) is 0 Å². The maximum atomic E-state index is 12.4. The molecule has 2 amide bonds. The van der Waals surface area contributed by atoms with Gasteiger partial charge in [0.2, 0.25) is 0 Å². The molecule has 2 aromatic carbocycles. The van der Waals surface area contributed by atoms with Crippen LogP contribution in [-0.4, -0.2) is 28.7 Å². The van der Waals surface area contributed by atoms with Gasteiger partial charge in [-0.25, -0.2) is 9.78 Å². The van der Waals surface area contributed by atoms with Crippen molar-refractivity contribution in [1.29, 1.82) is 0 Å². The zero-order valence-electron chi connectivity index (χ0n) is 15.9. The van der Waals surface area contributed by atoms with Gasteiger partial charge in [0.15, 0.2) is 0 Å². The minimum absolute atomic E-state index is 0.303. The van der Waals surface area contributed by atoms with Gasteiger partial charge in [-0.15, -0.1) is 0 Å². The zero-order chi connectivity index (χ0) is 20.6. The second-order valence-electron chi connectivity index (χ2n) is 6.46. The summed E-state index contributed by atoms with van der Waals surface area (Å²) in [5.41, 5.74) is 1.91. The predicted molar refractivity (Wildman–Crippen MR) is 114 cm³/mol. The molecular formula is C21H22Cl2N4O2. The van der Waals surface area contributed by atoms with Crippen molar-refractivity contribution in [1.82, 2.24) is 20.2 Å². The number of amides is 2. The molecule has 3 aromatic rings. The minimum Gasteiger partial charge on any atom is -0.375 e. The van der Waals surface area contributed by atoms with Gasteiger partial charge in [0.1, 0.15) is 11.9 Å². The molecule has 0 aliphatic carbocycles. The number of ether oxygens (including phenoxy) is 1. The molecule has 0 radical (unpaired) electrons. The van der Waals surface area contributed by atoms with Gasteiger partial charge in [-0.3, -0.25) is 0 Å². The van der Waals surface area contributed by atoms with E-state index in [9.17, 15) is 4.79 Å². The van der Waals surface area contributed by atoms with Crippen LogP contribution in [0.5, 0.6) is 0 Å². The van der Waals surface area contributed by atoms with Crippen molar-refractivity contribution in [3.8, 4) is 0 Å². The van der Waals surface area contributed by atoms with Gasteiger partial charge in [-0.2, -0.15) is 0 Å². The van der Waals surface area contributed by atoms with Gasteiger partial charge in [0, 0.05) is 36.0 Å². The van der Waals surface area contributed by atoms with Gasteiger partial charge in [-0.1, -0.05) is 47.5 Å². The fourth-order valence-corrected chi connectivity index (χ4v) is 3.05. The van der Waals surface area contributed by atoms with Crippen LogP contribution < -0.4 is 10.6 Å². The maximum absolute atomic E-state index is 12.4. The maximum Gasteiger partial charge on any atom is 0.315 e. The summed E-state index contributed by atoms with van der Waals surface area (Å²) in [7, 11) is 1.88. The SMILES string of the molecule is Cn1ccnc1C(NC(=O)NCCOCc1ccc(Cl)cc1)c1ccc(Cl)cc1. The Labute approximate surface area is 179 Å². The molecule has 152 valence electrons. The Kier molecular flexibility index (Phi) is 7.52. The number of nitrogens with zero attached hydrogens (tertiary/aromatic N) is 2. The molecular weight excluding hydrogens is 411 g/mol. The first-order valence-corrected chi connectivity index (χ1v) is 9.88. The summed E-state index contributed by atoms with van der Waals surface area (Å²) in [5, 5.41) is 7.10. The molecule has 3 rings (SSSR count). The monoisotopic (exact) mass is 432 g/mol. The van der Waals surface area contributed by atoms with Crippen LogP contribution >= 0.6 is 23.2 Å². The van der Waals surface area contributed by atoms with Crippen LogP contribution in [0.3, 0.4) is 0 Å². The highest BCUT2D eigenvalue weighted by atomic mass is 35.5. The van der Waals surface area contributed by atoms with E-state index in [-0.39, 0.29) is 6.03 Å². The first kappa shape index (κ1) is 21.2. The quantitative estimate of drug-likeness (QED) is 0.520. The molecule has 0 spiro atoms. The van der Waals surface area contributed by atoms with E-state index in [1.165, 1.54) is 0 Å². The predicted octanol–water partition coefficient (Wildman–Crippen LogP) is 4.33. The number of aromatic nitrogens is 2. The van der Waals surface area contributed by atoms with Crippen molar-refractivity contribution in [3.05, 3.63) is 87.9 Å². The summed E-state index contributed by atoms with van der Waals surface area (Å²) in [4.78, 5) is 16.8. The van der Waals surface area contributed by atoms with E-state index < -0.39 is 6.04 Å². The average Bonchev–Trinajstić information content (AvgIpc) is 3.14. The molecule has 29 heavy (non-hydrogen) atoms. The Morgan fingerprint density at radius 3 is 2.38 bits per heavy atom. The van der Waals surface area contributed by atoms with Gasteiger partial charge in [0.25, 0.3) is 0 Å². The van der Waals surface area contributed by atoms with E-state index in [0.717, 1.165) is 17.0 Å². The molecule has 0 bridgehead atoms. The first-order valence-electron chi connectivity index (χ1n) is 9.12. The van der Waals surface area contributed by atoms with E-state index in [2.05, 4.69) is 15.6 Å². The van der Waals surface area contributed by atoms with Gasteiger partial charge in [0.05, 0.1) is 13.2 Å². The highest BCUT2D eigenvalue weighted by Crippen LogP contribution is 2.22. The summed E-state index contributed by atoms with van der Waals surface area (Å²) in [5.74, 6) is 0.724. The van der Waals surface area contributed by atoms with Crippen molar-refractivity contribution in [2.45, 2.75) is 12.6 Å². The smallest absolute Gasteiger partial charge is 0.315 e. The summed E-state index contributed by atoms with van der Waals surface area (Å²) < 4.78 is 7.46. The Hall–Kier alpha value is -2.54. The molecule has 0 fully saturated rings. The van der Waals surface area contributed by atoms with Gasteiger partial charge >= 0.3 is 6.03 Å². The van der Waals surface area contributed by atoms with Gasteiger partial charge in [-0.05, 0) is 35.4 Å². The normalized spacial score (nSPS) is 11.8. The average molecular weight is 433 g/mol. The summed E-state index contributed by atoms with van der Waals surface area (Å²) in [6, 6.07) is 14.1. The number of halogens is 2. The first-order chi connectivity index (χ1) is 14.0. The van der Waals surface area contributed by atoms with Crippen LogP contribution in [0.4, 0.5) is 4.79 Å². The van der Waals surface area contributed by atoms with Crippen molar-refractivity contribution in [2.24, 2.45) is 7.05 Å². The molecule has 8 heteroatoms. The van der Waals surface area contributed by atoms with E-state index in [0.29, 0.717) is 29.8 Å². The van der Waals surface area contributed by atoms with Gasteiger partial charge < -0.3 is 19.9 Å². The lowest BCUT2D eigenvalue weighted by atomic mass is 10.1. The highest BCUT2D eigenvalue weighted by Gasteiger charge is 2.20. The molecule has 1 heterocycles. The highest BCUT2D eigenvalue weighted by molar-refractivity contribution is 6.30. The Balaban J connectivity index is 1.51. The second kappa shape index (κ2) is 10.3. The summed E-state index contributed by atoms with van der Waals surface area (Å²) in [6.45, 7) is 1.23. The Morgan fingerprint density at radius 1 is 1.10 bits per heavy atom. The number of aryl methyl sites for hydroxylation is 1. The molecule has 6 nitrogen and oxygen atoms in total. The van der Waals surface area contributed by atoms with Crippen LogP contribution in [-0.2, 0) is 18.4 Å². The Morgan fingerprint density at radius 2 is 1.76 bits per heavy atom. The fourth-order valence-electron chi connectivity index (χ4n) is 2.80. The summed E-state index contributed by atoms with van der Waals surface area (Å²) >= 11 is 11.9. The number of carbonyl (C=O) groups is 1. The fraction of sp³-hybridized carbons (Fsp3) is 0.238. The van der Waals surface area contributed by atoms with Crippen LogP contribution in [0.1, 0.15) is 23.0 Å². The van der Waals surface area contributed by atoms with Crippen molar-refractivity contribution < 1.29 is 9.53 Å². The minimum atomic E-state index is -0.401. The molecule has 1 unspecified atom stereocenters. The van der Waals surface area contributed by atoms with Crippen molar-refractivity contribution >= 4 is 29.2 Å². The third kappa shape index (κ3) is 6.22. The van der Waals surface area contributed by atoms with E-state index in [1.807, 2.05) is 54.2 Å². The molecule has 0 saturated heterocycles. The number of hydrogen-bond acceptors (Lipinski definition) is 3. The van der Waals surface area contributed by atoms with E-state index >= 15 is 0 Å². The van der Waals surface area contributed by atoms with Crippen LogP contribution in [0.15, 0.2) is 60.9 Å². The number of carbonyl (C=O) groups excluding carboxylic acids is 1. The lowest BCUT2D eigenvalue weighted by Crippen LogP contribution is -2.40. The van der Waals surface area contributed by atoms with Crippen LogP contribution in [0.2, 0.25) is 10.0 Å². The second-order valence-corrected chi connectivity index (χ2v) is 7.33. The zero-order valence-corrected chi connectivity index (χ0v) is 17.5. The lowest BCUT2D eigenvalue weighted by molar-refractivity contribution is 0.123. The molecule has 0 aliphatic heterocycles. The Bertz CT molecular complexity index is 927. The topological polar surface area (TPSA) is 68.2 Å². The molecule has 0 aliphatic rings. The molecule has 2 N–H and O–H groups in total. The number of nitrogens with one attached hydrogen (secondary N) is 2. The van der Waals surface area contributed by atoms with E-state index in [4.69, 9.17) is 27.9 Å². The lowest BCUT2D eigenvalue weighted by Gasteiger charge is -2.19.